The van der Waals surface area contributed by atoms with Crippen LogP contribution in [0.4, 0.5) is 23.1 Å². The van der Waals surface area contributed by atoms with Gasteiger partial charge in [-0.05, 0) is 55.5 Å². The lowest BCUT2D eigenvalue weighted by atomic mass is 10.2. The highest BCUT2D eigenvalue weighted by Gasteiger charge is 2.15. The maximum Gasteiger partial charge on any atom is 0.261 e. The molecule has 0 atom stereocenters. The van der Waals surface area contributed by atoms with E-state index < -0.39 is 10.0 Å². The van der Waals surface area contributed by atoms with Crippen LogP contribution in [0.3, 0.4) is 0 Å². The Morgan fingerprint density at radius 3 is 2.31 bits per heavy atom. The predicted octanol–water partition coefficient (Wildman–Crippen LogP) is 3.04. The van der Waals surface area contributed by atoms with Crippen LogP contribution in [0.5, 0.6) is 0 Å². The minimum Gasteiger partial charge on any atom is -0.378 e. The Bertz CT molecular complexity index is 1230. The van der Waals surface area contributed by atoms with E-state index in [9.17, 15) is 8.42 Å². The van der Waals surface area contributed by atoms with Crippen molar-refractivity contribution in [2.45, 2.75) is 11.8 Å². The molecule has 1 aliphatic rings. The van der Waals surface area contributed by atoms with Crippen molar-refractivity contribution in [1.82, 2.24) is 9.97 Å². The molecule has 2 aromatic carbocycles. The van der Waals surface area contributed by atoms with E-state index >= 15 is 0 Å². The average Bonchev–Trinajstić information content (AvgIpc) is 2.80. The Hall–Kier alpha value is -3.68. The first-order valence-corrected chi connectivity index (χ1v) is 11.5. The molecule has 10 heteroatoms. The lowest BCUT2D eigenvalue weighted by Crippen LogP contribution is -2.36. The molecule has 2 N–H and O–H groups in total. The zero-order chi connectivity index (χ0) is 22.6. The number of hydrogen-bond donors (Lipinski definition) is 2. The number of nitrogens with one attached hydrogen (secondary N) is 2. The molecule has 1 saturated heterocycles. The number of sulfonamides is 1. The lowest BCUT2D eigenvalue weighted by Gasteiger charge is -2.28. The Morgan fingerprint density at radius 2 is 1.66 bits per heavy atom. The van der Waals surface area contributed by atoms with Gasteiger partial charge in [0.1, 0.15) is 5.82 Å². The smallest absolute Gasteiger partial charge is 0.261 e. The fourth-order valence-electron chi connectivity index (χ4n) is 3.24. The summed E-state index contributed by atoms with van der Waals surface area (Å²) in [5.74, 6) is 1.31. The highest BCUT2D eigenvalue weighted by atomic mass is 32.2. The van der Waals surface area contributed by atoms with Gasteiger partial charge in [-0.2, -0.15) is 10.2 Å². The maximum atomic E-state index is 12.6. The number of ether oxygens (including phenoxy) is 1. The van der Waals surface area contributed by atoms with Gasteiger partial charge in [0.05, 0.1) is 29.7 Å². The second-order valence-electron chi connectivity index (χ2n) is 7.23. The molecule has 3 aromatic rings. The summed E-state index contributed by atoms with van der Waals surface area (Å²) in [4.78, 5) is 11.3. The predicted molar refractivity (Wildman–Crippen MR) is 121 cm³/mol. The standard InChI is InChI=1S/C22H22N6O3S/c1-16-14-21(28-10-12-31-13-11-28)26-22(24-16)25-18-4-6-19(7-5-18)27-32(29,30)20-8-2-17(15-23)3-9-20/h2-9,14,27H,10-13H2,1H3,(H,24,25,26). The summed E-state index contributed by atoms with van der Waals surface area (Å²) in [5, 5.41) is 12.0. The van der Waals surface area contributed by atoms with Crippen LogP contribution in [0, 0.1) is 18.3 Å². The van der Waals surface area contributed by atoms with E-state index in [-0.39, 0.29) is 4.90 Å². The summed E-state index contributed by atoms with van der Waals surface area (Å²) in [6.07, 6.45) is 0. The molecule has 1 aliphatic heterocycles. The van der Waals surface area contributed by atoms with Crippen molar-refractivity contribution in [2.75, 3.05) is 41.2 Å². The molecule has 2 heterocycles. The molecule has 0 amide bonds. The quantitative estimate of drug-likeness (QED) is 0.588. The van der Waals surface area contributed by atoms with Gasteiger partial charge in [-0.1, -0.05) is 0 Å². The summed E-state index contributed by atoms with van der Waals surface area (Å²) >= 11 is 0. The first-order valence-electron chi connectivity index (χ1n) is 10.0. The van der Waals surface area contributed by atoms with Gasteiger partial charge in [-0.15, -0.1) is 0 Å². The normalized spacial score (nSPS) is 13.9. The van der Waals surface area contributed by atoms with Crippen molar-refractivity contribution < 1.29 is 13.2 Å². The van der Waals surface area contributed by atoms with E-state index in [2.05, 4.69) is 24.9 Å². The molecule has 0 unspecified atom stereocenters. The SMILES string of the molecule is Cc1cc(N2CCOCC2)nc(Nc2ccc(NS(=O)(=O)c3ccc(C#N)cc3)cc2)n1. The van der Waals surface area contributed by atoms with Gasteiger partial charge < -0.3 is 15.0 Å². The first kappa shape index (κ1) is 21.5. The fourth-order valence-corrected chi connectivity index (χ4v) is 4.29. The molecule has 32 heavy (non-hydrogen) atoms. The summed E-state index contributed by atoms with van der Waals surface area (Å²) < 4.78 is 33.1. The zero-order valence-corrected chi connectivity index (χ0v) is 18.3. The molecular weight excluding hydrogens is 428 g/mol. The van der Waals surface area contributed by atoms with E-state index in [4.69, 9.17) is 10.00 Å². The summed E-state index contributed by atoms with van der Waals surface area (Å²) in [5.41, 5.74) is 2.38. The third kappa shape index (κ3) is 5.14. The Morgan fingerprint density at radius 1 is 1.00 bits per heavy atom. The zero-order valence-electron chi connectivity index (χ0n) is 17.4. The van der Waals surface area contributed by atoms with Crippen molar-refractivity contribution in [3.05, 3.63) is 65.9 Å². The number of benzene rings is 2. The van der Waals surface area contributed by atoms with Gasteiger partial charge in [0.15, 0.2) is 0 Å². The van der Waals surface area contributed by atoms with Crippen LogP contribution in [0.25, 0.3) is 0 Å². The van der Waals surface area contributed by atoms with Gasteiger partial charge in [-0.25, -0.2) is 13.4 Å². The molecule has 0 bridgehead atoms. The van der Waals surface area contributed by atoms with Crippen LogP contribution in [-0.4, -0.2) is 44.7 Å². The van der Waals surface area contributed by atoms with Gasteiger partial charge >= 0.3 is 0 Å². The van der Waals surface area contributed by atoms with Gasteiger partial charge in [0.25, 0.3) is 10.0 Å². The Labute approximate surface area is 186 Å². The van der Waals surface area contributed by atoms with Gasteiger partial charge in [0.2, 0.25) is 5.95 Å². The number of aryl methyl sites for hydroxylation is 1. The summed E-state index contributed by atoms with van der Waals surface area (Å²) in [6, 6.07) is 16.4. The minimum absolute atomic E-state index is 0.0857. The molecule has 164 valence electrons. The average molecular weight is 451 g/mol. The molecule has 4 rings (SSSR count). The van der Waals surface area contributed by atoms with Crippen molar-refractivity contribution in [3.8, 4) is 6.07 Å². The molecule has 0 aliphatic carbocycles. The van der Waals surface area contributed by atoms with Crippen molar-refractivity contribution in [2.24, 2.45) is 0 Å². The highest BCUT2D eigenvalue weighted by Crippen LogP contribution is 2.22. The molecule has 0 radical (unpaired) electrons. The van der Waals surface area contributed by atoms with Crippen LogP contribution in [0.15, 0.2) is 59.5 Å². The molecule has 1 aromatic heterocycles. The second kappa shape index (κ2) is 9.21. The molecule has 0 saturated carbocycles. The van der Waals surface area contributed by atoms with Gasteiger partial charge in [0, 0.05) is 36.2 Å². The third-order valence-corrected chi connectivity index (χ3v) is 6.26. The lowest BCUT2D eigenvalue weighted by molar-refractivity contribution is 0.122. The second-order valence-corrected chi connectivity index (χ2v) is 8.92. The van der Waals surface area contributed by atoms with Crippen LogP contribution in [0.1, 0.15) is 11.3 Å². The Balaban J connectivity index is 1.46. The largest absolute Gasteiger partial charge is 0.378 e. The number of anilines is 4. The van der Waals surface area contributed by atoms with Crippen LogP contribution < -0.4 is 14.9 Å². The van der Waals surface area contributed by atoms with Crippen LogP contribution in [0.2, 0.25) is 0 Å². The number of nitriles is 1. The van der Waals surface area contributed by atoms with Crippen LogP contribution >= 0.6 is 0 Å². The van der Waals surface area contributed by atoms with Gasteiger partial charge in [-0.3, -0.25) is 4.72 Å². The molecule has 1 fully saturated rings. The van der Waals surface area contributed by atoms with E-state index in [1.165, 1.54) is 24.3 Å². The molecule has 9 nitrogen and oxygen atoms in total. The van der Waals surface area contributed by atoms with E-state index in [0.29, 0.717) is 30.4 Å². The fraction of sp³-hybridized carbons (Fsp3) is 0.227. The monoisotopic (exact) mass is 450 g/mol. The summed E-state index contributed by atoms with van der Waals surface area (Å²) in [7, 11) is -3.75. The summed E-state index contributed by atoms with van der Waals surface area (Å²) in [6.45, 7) is 4.82. The minimum atomic E-state index is -3.75. The molecular formula is C22H22N6O3S. The van der Waals surface area contributed by atoms with Crippen molar-refractivity contribution in [1.29, 1.82) is 5.26 Å². The number of morpholine rings is 1. The first-order chi connectivity index (χ1) is 15.4. The third-order valence-electron chi connectivity index (χ3n) is 4.86. The number of aromatic nitrogens is 2. The Kier molecular flexibility index (Phi) is 6.20. The van der Waals surface area contributed by atoms with Crippen molar-refractivity contribution >= 4 is 33.2 Å². The van der Waals surface area contributed by atoms with E-state index in [0.717, 1.165) is 30.3 Å². The topological polar surface area (TPSA) is 120 Å². The number of rotatable bonds is 6. The molecule has 0 spiro atoms. The number of nitrogens with zero attached hydrogens (tertiary/aromatic N) is 4. The highest BCUT2D eigenvalue weighted by molar-refractivity contribution is 7.92. The number of hydrogen-bond acceptors (Lipinski definition) is 8. The van der Waals surface area contributed by atoms with E-state index in [1.54, 1.807) is 24.3 Å². The van der Waals surface area contributed by atoms with Crippen molar-refractivity contribution in [3.63, 3.8) is 0 Å². The maximum absolute atomic E-state index is 12.6. The van der Waals surface area contributed by atoms with Crippen LogP contribution in [-0.2, 0) is 14.8 Å². The van der Waals surface area contributed by atoms with E-state index in [1.807, 2.05) is 19.1 Å².